The van der Waals surface area contributed by atoms with E-state index in [1.165, 1.54) is 0 Å². The molecule has 1 heterocycles. The summed E-state index contributed by atoms with van der Waals surface area (Å²) in [6.45, 7) is 8.28. The fourth-order valence-corrected chi connectivity index (χ4v) is 1.77. The Morgan fingerprint density at radius 2 is 2.25 bits per heavy atom. The number of aromatic nitrogens is 2. The van der Waals surface area contributed by atoms with Crippen molar-refractivity contribution in [3.63, 3.8) is 0 Å². The molecule has 0 aliphatic heterocycles. The molecular formula is C12H23N3O. The molecule has 0 aliphatic rings. The Morgan fingerprint density at radius 1 is 1.50 bits per heavy atom. The molecule has 0 radical (unpaired) electrons. The maximum absolute atomic E-state index is 5.42. The van der Waals surface area contributed by atoms with Gasteiger partial charge in [0.25, 0.3) is 0 Å². The molecule has 1 aromatic rings. The number of ether oxygens (including phenoxy) is 1. The van der Waals surface area contributed by atoms with Crippen LogP contribution in [0.3, 0.4) is 0 Å². The molecule has 0 spiro atoms. The molecule has 4 heteroatoms. The van der Waals surface area contributed by atoms with Crippen LogP contribution in [0, 0.1) is 0 Å². The fourth-order valence-electron chi connectivity index (χ4n) is 1.77. The molecule has 1 rings (SSSR count). The number of nitrogens with one attached hydrogen (secondary N) is 1. The second-order valence-electron chi connectivity index (χ2n) is 3.94. The molecule has 0 saturated carbocycles. The van der Waals surface area contributed by atoms with E-state index in [-0.39, 0.29) is 12.1 Å². The first kappa shape index (κ1) is 13.2. The van der Waals surface area contributed by atoms with Gasteiger partial charge in [0.1, 0.15) is 5.82 Å². The first-order valence-corrected chi connectivity index (χ1v) is 6.01. The van der Waals surface area contributed by atoms with E-state index in [0.29, 0.717) is 0 Å². The quantitative estimate of drug-likeness (QED) is 0.771. The predicted octanol–water partition coefficient (Wildman–Crippen LogP) is 1.98. The van der Waals surface area contributed by atoms with Gasteiger partial charge in [0.05, 0.1) is 12.1 Å². The predicted molar refractivity (Wildman–Crippen MR) is 65.4 cm³/mol. The molecule has 16 heavy (non-hydrogen) atoms. The summed E-state index contributed by atoms with van der Waals surface area (Å²) in [6, 6.07) is 0.167. The van der Waals surface area contributed by atoms with Crippen molar-refractivity contribution in [1.29, 1.82) is 0 Å². The molecule has 0 aliphatic carbocycles. The van der Waals surface area contributed by atoms with Crippen LogP contribution in [0.2, 0.25) is 0 Å². The normalized spacial score (nSPS) is 15.0. The van der Waals surface area contributed by atoms with E-state index >= 15 is 0 Å². The van der Waals surface area contributed by atoms with E-state index in [4.69, 9.17) is 4.74 Å². The van der Waals surface area contributed by atoms with Crippen LogP contribution in [0.5, 0.6) is 0 Å². The summed E-state index contributed by atoms with van der Waals surface area (Å²) in [7, 11) is 1.74. The van der Waals surface area contributed by atoms with Crippen LogP contribution < -0.4 is 5.32 Å². The Labute approximate surface area is 98.0 Å². The maximum Gasteiger partial charge on any atom is 0.128 e. The third-order valence-corrected chi connectivity index (χ3v) is 2.82. The molecule has 0 fully saturated rings. The van der Waals surface area contributed by atoms with E-state index in [0.717, 1.165) is 25.3 Å². The number of nitrogens with zero attached hydrogens (tertiary/aromatic N) is 2. The molecule has 0 aromatic carbocycles. The second kappa shape index (κ2) is 6.66. The van der Waals surface area contributed by atoms with E-state index in [1.54, 1.807) is 7.11 Å². The molecule has 0 amide bonds. The number of methoxy groups -OCH3 is 1. The van der Waals surface area contributed by atoms with Gasteiger partial charge in [-0.3, -0.25) is 0 Å². The van der Waals surface area contributed by atoms with Gasteiger partial charge in [-0.2, -0.15) is 0 Å². The van der Waals surface area contributed by atoms with E-state index in [2.05, 4.69) is 35.6 Å². The van der Waals surface area contributed by atoms with Crippen LogP contribution in [-0.4, -0.2) is 29.3 Å². The lowest BCUT2D eigenvalue weighted by atomic mass is 10.1. The average molecular weight is 225 g/mol. The zero-order valence-corrected chi connectivity index (χ0v) is 10.7. The third kappa shape index (κ3) is 3.06. The Morgan fingerprint density at radius 3 is 2.81 bits per heavy atom. The minimum absolute atomic E-state index is 0.124. The minimum atomic E-state index is 0.124. The lowest BCUT2D eigenvalue weighted by Crippen LogP contribution is -2.34. The molecule has 1 N–H and O–H groups in total. The fraction of sp³-hybridized carbons (Fsp3) is 0.750. The van der Waals surface area contributed by atoms with Gasteiger partial charge in [0, 0.05) is 26.0 Å². The van der Waals surface area contributed by atoms with Crippen molar-refractivity contribution in [3.8, 4) is 0 Å². The van der Waals surface area contributed by atoms with Crippen LogP contribution >= 0.6 is 0 Å². The summed E-state index contributed by atoms with van der Waals surface area (Å²) in [6.07, 6.45) is 5.10. The largest absolute Gasteiger partial charge is 0.380 e. The monoisotopic (exact) mass is 225 g/mol. The van der Waals surface area contributed by atoms with Crippen molar-refractivity contribution in [2.45, 2.75) is 45.9 Å². The molecule has 1 aromatic heterocycles. The van der Waals surface area contributed by atoms with Gasteiger partial charge >= 0.3 is 0 Å². The molecule has 4 nitrogen and oxygen atoms in total. The van der Waals surface area contributed by atoms with Crippen LogP contribution in [0.1, 0.15) is 39.1 Å². The van der Waals surface area contributed by atoms with Gasteiger partial charge in [0.15, 0.2) is 0 Å². The van der Waals surface area contributed by atoms with Crippen molar-refractivity contribution in [1.82, 2.24) is 14.9 Å². The Bertz CT molecular complexity index is 298. The number of hydrogen-bond donors (Lipinski definition) is 1. The van der Waals surface area contributed by atoms with Gasteiger partial charge in [-0.05, 0) is 26.8 Å². The maximum atomic E-state index is 5.42. The summed E-state index contributed by atoms with van der Waals surface area (Å²) in [5.74, 6) is 1.06. The van der Waals surface area contributed by atoms with Gasteiger partial charge in [-0.25, -0.2) is 4.98 Å². The Hall–Kier alpha value is -0.870. The van der Waals surface area contributed by atoms with Crippen molar-refractivity contribution >= 4 is 0 Å². The van der Waals surface area contributed by atoms with E-state index in [9.17, 15) is 0 Å². The topological polar surface area (TPSA) is 39.1 Å². The minimum Gasteiger partial charge on any atom is -0.380 e. The van der Waals surface area contributed by atoms with Crippen molar-refractivity contribution in [2.24, 2.45) is 0 Å². The van der Waals surface area contributed by atoms with Crippen molar-refractivity contribution in [2.75, 3.05) is 13.7 Å². The zero-order valence-electron chi connectivity index (χ0n) is 10.7. The van der Waals surface area contributed by atoms with Crippen LogP contribution in [0.15, 0.2) is 12.4 Å². The highest BCUT2D eigenvalue weighted by atomic mass is 16.5. The lowest BCUT2D eigenvalue weighted by Gasteiger charge is -2.24. The molecule has 92 valence electrons. The third-order valence-electron chi connectivity index (χ3n) is 2.82. The molecule has 0 saturated heterocycles. The van der Waals surface area contributed by atoms with Crippen molar-refractivity contribution < 1.29 is 4.74 Å². The highest BCUT2D eigenvalue weighted by molar-refractivity contribution is 5.01. The summed E-state index contributed by atoms with van der Waals surface area (Å²) in [5, 5.41) is 3.49. The number of hydrogen-bond acceptors (Lipinski definition) is 3. The van der Waals surface area contributed by atoms with Crippen LogP contribution in [0.4, 0.5) is 0 Å². The van der Waals surface area contributed by atoms with E-state index < -0.39 is 0 Å². The van der Waals surface area contributed by atoms with Gasteiger partial charge < -0.3 is 14.6 Å². The van der Waals surface area contributed by atoms with Gasteiger partial charge in [-0.1, -0.05) is 6.92 Å². The summed E-state index contributed by atoms with van der Waals surface area (Å²) < 4.78 is 7.57. The highest BCUT2D eigenvalue weighted by Gasteiger charge is 2.22. The van der Waals surface area contributed by atoms with E-state index in [1.807, 2.05) is 12.4 Å². The van der Waals surface area contributed by atoms with Crippen LogP contribution in [-0.2, 0) is 11.3 Å². The van der Waals surface area contributed by atoms with Crippen LogP contribution in [0.25, 0.3) is 0 Å². The average Bonchev–Trinajstić information content (AvgIpc) is 2.77. The second-order valence-corrected chi connectivity index (χ2v) is 3.94. The molecular weight excluding hydrogens is 202 g/mol. The standard InChI is InChI=1S/C12H23N3O/c1-5-7-13-11(10(3)16-4)12-14-8-9-15(12)6-2/h8-11,13H,5-7H2,1-4H3. The SMILES string of the molecule is CCCNC(c1nccn1CC)C(C)OC. The number of aryl methyl sites for hydroxylation is 1. The van der Waals surface area contributed by atoms with Gasteiger partial charge in [0.2, 0.25) is 0 Å². The molecule has 2 unspecified atom stereocenters. The van der Waals surface area contributed by atoms with Gasteiger partial charge in [-0.15, -0.1) is 0 Å². The summed E-state index contributed by atoms with van der Waals surface area (Å²) >= 11 is 0. The number of imidazole rings is 1. The first-order valence-electron chi connectivity index (χ1n) is 6.01. The first-order chi connectivity index (χ1) is 7.74. The smallest absolute Gasteiger partial charge is 0.128 e. The molecule has 2 atom stereocenters. The summed E-state index contributed by atoms with van der Waals surface area (Å²) in [4.78, 5) is 4.43. The van der Waals surface area contributed by atoms with Crippen molar-refractivity contribution in [3.05, 3.63) is 18.2 Å². The Kier molecular flexibility index (Phi) is 5.49. The number of rotatable bonds is 7. The summed E-state index contributed by atoms with van der Waals surface area (Å²) in [5.41, 5.74) is 0. The molecule has 0 bridgehead atoms. The lowest BCUT2D eigenvalue weighted by molar-refractivity contribution is 0.0789. The highest BCUT2D eigenvalue weighted by Crippen LogP contribution is 2.17. The zero-order chi connectivity index (χ0) is 12.0. The Balaban J connectivity index is 2.82.